The largest absolute Gasteiger partial charge is 0.460 e. The van der Waals surface area contributed by atoms with Gasteiger partial charge in [0.2, 0.25) is 0 Å². The molecule has 0 rings (SSSR count). The molecule has 0 fully saturated rings. The first-order valence-electron chi connectivity index (χ1n) is 9.68. The van der Waals surface area contributed by atoms with Crippen LogP contribution in [0.1, 0.15) is 19.8 Å². The number of alkyl halides is 17. The highest BCUT2D eigenvalue weighted by molar-refractivity contribution is 6.83. The number of rotatable bonds is 10. The van der Waals surface area contributed by atoms with Gasteiger partial charge in [-0.1, -0.05) is 25.6 Å². The van der Waals surface area contributed by atoms with E-state index in [-0.39, 0.29) is 0 Å². The van der Waals surface area contributed by atoms with E-state index in [0.29, 0.717) is 0 Å². The lowest BCUT2D eigenvalue weighted by Gasteiger charge is -2.42. The predicted molar refractivity (Wildman–Crippen MR) is 96.6 cm³/mol. The van der Waals surface area contributed by atoms with E-state index >= 15 is 0 Å². The van der Waals surface area contributed by atoms with Crippen molar-refractivity contribution in [2.24, 2.45) is 0 Å². The highest BCUT2D eigenvalue weighted by atomic mass is 28.3. The summed E-state index contributed by atoms with van der Waals surface area (Å²) in [6, 6.07) is 0. The Balaban J connectivity index is 6.16. The molecule has 20 heteroatoms. The van der Waals surface area contributed by atoms with E-state index in [1.807, 2.05) is 0 Å². The maximum absolute atomic E-state index is 13.8. The Hall–Kier alpha value is -1.94. The molecule has 38 heavy (non-hydrogen) atoms. The average molecular weight is 616 g/mol. The number of ether oxygens (including phenoxy) is 1. The Kier molecular flexibility index (Phi) is 9.70. The predicted octanol–water partition coefficient (Wildman–Crippen LogP) is 7.59. The Labute approximate surface area is 203 Å². The molecule has 0 bridgehead atoms. The maximum Gasteiger partial charge on any atom is 0.460 e. The summed E-state index contributed by atoms with van der Waals surface area (Å²) in [4.78, 5) is 11.5. The number of carbonyl (C=O) groups is 1. The molecule has 0 aromatic carbocycles. The Bertz CT molecular complexity index is 922. The van der Waals surface area contributed by atoms with Crippen LogP contribution in [0.5, 0.6) is 0 Å². The standard InChI is InChI=1S/C18H17F17O2Si/c1-9(6-8-38(2,3)4)37-10(36)5-7-11(19,20)12(21,22)13(23,24)14(25,26)15(27,28)16(29,30)17(31,32)18(33,34)35/h9H,5,7H2,1-4H3/t9-/m0/s1. The van der Waals surface area contributed by atoms with Crippen molar-refractivity contribution in [3.63, 3.8) is 0 Å². The summed E-state index contributed by atoms with van der Waals surface area (Å²) >= 11 is 0. The summed E-state index contributed by atoms with van der Waals surface area (Å²) in [5, 5.41) is 0. The molecule has 0 radical (unpaired) electrons. The second-order valence-corrected chi connectivity index (χ2v) is 13.5. The third-order valence-corrected chi connectivity index (χ3v) is 5.28. The number of hydrogen-bond acceptors (Lipinski definition) is 2. The zero-order chi connectivity index (χ0) is 31.2. The van der Waals surface area contributed by atoms with Crippen LogP contribution in [0.25, 0.3) is 0 Å². The molecule has 0 spiro atoms. The van der Waals surface area contributed by atoms with Gasteiger partial charge in [0.15, 0.2) is 6.10 Å². The first-order valence-corrected chi connectivity index (χ1v) is 13.2. The normalized spacial score (nSPS) is 16.0. The lowest BCUT2D eigenvalue weighted by molar-refractivity contribution is -0.461. The fourth-order valence-electron chi connectivity index (χ4n) is 2.22. The van der Waals surface area contributed by atoms with Gasteiger partial charge >= 0.3 is 53.6 Å². The zero-order valence-corrected chi connectivity index (χ0v) is 20.2. The molecule has 2 nitrogen and oxygen atoms in total. The summed E-state index contributed by atoms with van der Waals surface area (Å²) in [6.07, 6.45) is -14.1. The molecule has 0 heterocycles. The monoisotopic (exact) mass is 616 g/mol. The quantitative estimate of drug-likeness (QED) is 0.110. The summed E-state index contributed by atoms with van der Waals surface area (Å²) in [6.45, 7) is 6.11. The SMILES string of the molecule is C[C@@H](C#C[Si](C)(C)C)OC(=O)CCC(F)(F)C(F)(F)C(F)(F)C(F)(F)C(F)(F)C(F)(F)C(F)(F)C(F)(F)F. The van der Waals surface area contributed by atoms with E-state index in [4.69, 9.17) is 0 Å². The highest BCUT2D eigenvalue weighted by Crippen LogP contribution is 2.64. The van der Waals surface area contributed by atoms with Crippen LogP contribution in [0, 0.1) is 11.5 Å². The van der Waals surface area contributed by atoms with Crippen molar-refractivity contribution in [3.05, 3.63) is 0 Å². The van der Waals surface area contributed by atoms with Gasteiger partial charge in [0.1, 0.15) is 8.07 Å². The lowest BCUT2D eigenvalue weighted by Crippen LogP contribution is -2.74. The number of esters is 1. The molecule has 1 atom stereocenters. The molecule has 0 saturated carbocycles. The van der Waals surface area contributed by atoms with Crippen LogP contribution in [0.4, 0.5) is 74.6 Å². The van der Waals surface area contributed by atoms with E-state index in [9.17, 15) is 79.4 Å². The molecule has 0 saturated heterocycles. The average Bonchev–Trinajstić information content (AvgIpc) is 2.68. The highest BCUT2D eigenvalue weighted by Gasteiger charge is 2.95. The molecular formula is C18H17F17O2Si. The molecule has 0 N–H and O–H groups in total. The van der Waals surface area contributed by atoms with Crippen LogP contribution in [0.2, 0.25) is 19.6 Å². The Morgan fingerprint density at radius 2 is 1.00 bits per heavy atom. The summed E-state index contributed by atoms with van der Waals surface area (Å²) < 4.78 is 229. The van der Waals surface area contributed by atoms with Crippen LogP contribution in [-0.4, -0.2) is 67.8 Å². The van der Waals surface area contributed by atoms with Gasteiger partial charge in [-0.2, -0.15) is 74.6 Å². The van der Waals surface area contributed by atoms with Crippen molar-refractivity contribution in [1.29, 1.82) is 0 Å². The maximum atomic E-state index is 13.8. The molecule has 0 aromatic heterocycles. The Morgan fingerprint density at radius 3 is 1.34 bits per heavy atom. The van der Waals surface area contributed by atoms with Crippen molar-refractivity contribution >= 4 is 14.0 Å². The van der Waals surface area contributed by atoms with Crippen LogP contribution in [-0.2, 0) is 9.53 Å². The van der Waals surface area contributed by atoms with E-state index in [0.717, 1.165) is 6.92 Å². The lowest BCUT2D eigenvalue weighted by atomic mass is 9.88. The van der Waals surface area contributed by atoms with Crippen molar-refractivity contribution in [1.82, 2.24) is 0 Å². The minimum Gasteiger partial charge on any atom is -0.449 e. The van der Waals surface area contributed by atoms with Crippen molar-refractivity contribution in [2.45, 2.75) is 93.1 Å². The van der Waals surface area contributed by atoms with Gasteiger partial charge in [-0.3, -0.25) is 4.79 Å². The van der Waals surface area contributed by atoms with Crippen LogP contribution >= 0.6 is 0 Å². The molecule has 0 aromatic rings. The minimum absolute atomic E-state index is 1.03. The second kappa shape index (κ2) is 10.2. The zero-order valence-electron chi connectivity index (χ0n) is 19.2. The van der Waals surface area contributed by atoms with Gasteiger partial charge in [0.25, 0.3) is 0 Å². The Morgan fingerprint density at radius 1 is 0.658 bits per heavy atom. The summed E-state index contributed by atoms with van der Waals surface area (Å²) in [7, 11) is -2.08. The van der Waals surface area contributed by atoms with Gasteiger partial charge in [-0.05, 0) is 6.92 Å². The second-order valence-electron chi connectivity index (χ2n) is 8.80. The molecule has 0 amide bonds. The third-order valence-electron chi connectivity index (χ3n) is 4.39. The smallest absolute Gasteiger partial charge is 0.449 e. The van der Waals surface area contributed by atoms with Gasteiger partial charge < -0.3 is 4.74 Å². The van der Waals surface area contributed by atoms with Crippen LogP contribution in [0.3, 0.4) is 0 Å². The van der Waals surface area contributed by atoms with Crippen LogP contribution in [0.15, 0.2) is 0 Å². The molecule has 224 valence electrons. The van der Waals surface area contributed by atoms with Crippen molar-refractivity contribution in [3.8, 4) is 11.5 Å². The fourth-order valence-corrected chi connectivity index (χ4v) is 2.85. The number of halogens is 17. The summed E-state index contributed by atoms with van der Waals surface area (Å²) in [5.74, 6) is -56.5. The fraction of sp³-hybridized carbons (Fsp3) is 0.833. The van der Waals surface area contributed by atoms with Crippen LogP contribution < -0.4 is 0 Å². The van der Waals surface area contributed by atoms with Gasteiger partial charge in [-0.15, -0.1) is 5.54 Å². The third kappa shape index (κ3) is 6.27. The molecule has 0 unspecified atom stereocenters. The van der Waals surface area contributed by atoms with Crippen molar-refractivity contribution < 1.29 is 84.2 Å². The van der Waals surface area contributed by atoms with Gasteiger partial charge in [0, 0.05) is 6.42 Å². The molecule has 0 aliphatic heterocycles. The molecular weight excluding hydrogens is 599 g/mol. The van der Waals surface area contributed by atoms with Gasteiger partial charge in [0.05, 0.1) is 6.42 Å². The van der Waals surface area contributed by atoms with E-state index in [1.165, 1.54) is 0 Å². The number of carbonyl (C=O) groups excluding carboxylic acids is 1. The van der Waals surface area contributed by atoms with E-state index < -0.39 is 80.6 Å². The van der Waals surface area contributed by atoms with Crippen molar-refractivity contribution in [2.75, 3.05) is 0 Å². The first kappa shape index (κ1) is 36.1. The van der Waals surface area contributed by atoms with E-state index in [1.54, 1.807) is 19.6 Å². The topological polar surface area (TPSA) is 26.3 Å². The first-order chi connectivity index (χ1) is 16.2. The summed E-state index contributed by atoms with van der Waals surface area (Å²) in [5.41, 5.74) is 2.61. The van der Waals surface area contributed by atoms with Gasteiger partial charge in [-0.25, -0.2) is 0 Å². The minimum atomic E-state index is -8.69. The van der Waals surface area contributed by atoms with E-state index in [2.05, 4.69) is 16.2 Å². The number of hydrogen-bond donors (Lipinski definition) is 0. The molecule has 0 aliphatic carbocycles. The molecule has 0 aliphatic rings.